The van der Waals surface area contributed by atoms with Crippen LogP contribution >= 0.6 is 11.6 Å². The highest BCUT2D eigenvalue weighted by Crippen LogP contribution is 2.30. The van der Waals surface area contributed by atoms with Gasteiger partial charge in [0.05, 0.1) is 27.9 Å². The number of pyridine rings is 1. The lowest BCUT2D eigenvalue weighted by Crippen LogP contribution is -2.14. The molecule has 0 spiro atoms. The van der Waals surface area contributed by atoms with Crippen molar-refractivity contribution in [3.63, 3.8) is 0 Å². The first-order chi connectivity index (χ1) is 14.9. The minimum absolute atomic E-state index is 0.0665. The molecule has 0 aliphatic rings. The van der Waals surface area contributed by atoms with Gasteiger partial charge in [-0.15, -0.1) is 0 Å². The third-order valence-corrected chi connectivity index (χ3v) is 5.28. The summed E-state index contributed by atoms with van der Waals surface area (Å²) in [6.45, 7) is 4.65. The predicted octanol–water partition coefficient (Wildman–Crippen LogP) is 5.24. The van der Waals surface area contributed by atoms with Gasteiger partial charge >= 0.3 is 0 Å². The van der Waals surface area contributed by atoms with E-state index in [1.165, 1.54) is 18.2 Å². The first-order valence-corrected chi connectivity index (χ1v) is 9.94. The average Bonchev–Trinajstić information content (AvgIpc) is 3.14. The molecule has 0 atom stereocenters. The number of rotatable bonds is 5. The van der Waals surface area contributed by atoms with Gasteiger partial charge in [-0.25, -0.2) is 4.98 Å². The van der Waals surface area contributed by atoms with E-state index in [0.29, 0.717) is 28.7 Å². The summed E-state index contributed by atoms with van der Waals surface area (Å²) in [6, 6.07) is 13.1. The standard InChI is InChI=1S/C22H18ClN5O3/c1-3-27-13(2)17(12-24-27)20-11-16(15-6-4-5-7-18(15)25-20)22(29)26-19-9-8-14(23)10-21(19)28(30)31/h4-12H,3H2,1-2H3,(H,26,29). The molecule has 0 unspecified atom stereocenters. The normalized spacial score (nSPS) is 10.9. The molecule has 4 aromatic rings. The van der Waals surface area contributed by atoms with Crippen molar-refractivity contribution in [2.24, 2.45) is 0 Å². The van der Waals surface area contributed by atoms with Gasteiger partial charge < -0.3 is 5.32 Å². The molecule has 1 amide bonds. The fraction of sp³-hybridized carbons (Fsp3) is 0.136. The molecule has 2 heterocycles. The quantitative estimate of drug-likeness (QED) is 0.341. The second kappa shape index (κ2) is 8.16. The first-order valence-electron chi connectivity index (χ1n) is 9.57. The average molecular weight is 436 g/mol. The molecule has 156 valence electrons. The number of nitro groups is 1. The van der Waals surface area contributed by atoms with Crippen LogP contribution in [0.15, 0.2) is 54.7 Å². The van der Waals surface area contributed by atoms with Crippen LogP contribution in [0.4, 0.5) is 11.4 Å². The van der Waals surface area contributed by atoms with Gasteiger partial charge in [0.1, 0.15) is 5.69 Å². The molecule has 4 rings (SSSR count). The predicted molar refractivity (Wildman–Crippen MR) is 119 cm³/mol. The summed E-state index contributed by atoms with van der Waals surface area (Å²) in [5.41, 5.74) is 3.14. The van der Waals surface area contributed by atoms with Crippen LogP contribution in [0.25, 0.3) is 22.2 Å². The highest BCUT2D eigenvalue weighted by molar-refractivity contribution is 6.31. The molecule has 0 saturated heterocycles. The number of hydrogen-bond acceptors (Lipinski definition) is 5. The third kappa shape index (κ3) is 3.85. The van der Waals surface area contributed by atoms with Crippen molar-refractivity contribution in [1.82, 2.24) is 14.8 Å². The number of amides is 1. The Morgan fingerprint density at radius 3 is 2.71 bits per heavy atom. The SMILES string of the molecule is CCn1ncc(-c2cc(C(=O)Nc3ccc(Cl)cc3[N+](=O)[O-])c3ccccc3n2)c1C. The molecule has 2 aromatic heterocycles. The number of nitrogens with zero attached hydrogens (tertiary/aromatic N) is 4. The van der Waals surface area contributed by atoms with E-state index in [4.69, 9.17) is 16.6 Å². The lowest BCUT2D eigenvalue weighted by molar-refractivity contribution is -0.383. The van der Waals surface area contributed by atoms with Gasteiger partial charge in [0.2, 0.25) is 0 Å². The maximum absolute atomic E-state index is 13.2. The summed E-state index contributed by atoms with van der Waals surface area (Å²) in [5, 5.41) is 19.3. The van der Waals surface area contributed by atoms with Gasteiger partial charge in [0.15, 0.2) is 0 Å². The maximum Gasteiger partial charge on any atom is 0.294 e. The molecule has 0 aliphatic carbocycles. The summed E-state index contributed by atoms with van der Waals surface area (Å²) in [5.74, 6) is -0.481. The number of nitrogens with one attached hydrogen (secondary N) is 1. The van der Waals surface area contributed by atoms with Crippen LogP contribution in [0.3, 0.4) is 0 Å². The van der Waals surface area contributed by atoms with E-state index in [1.54, 1.807) is 18.3 Å². The highest BCUT2D eigenvalue weighted by Gasteiger charge is 2.20. The van der Waals surface area contributed by atoms with Crippen molar-refractivity contribution in [2.45, 2.75) is 20.4 Å². The highest BCUT2D eigenvalue weighted by atomic mass is 35.5. The fourth-order valence-corrected chi connectivity index (χ4v) is 3.64. The molecular weight excluding hydrogens is 418 g/mol. The lowest BCUT2D eigenvalue weighted by atomic mass is 10.0. The number of nitro benzene ring substituents is 1. The van der Waals surface area contributed by atoms with E-state index in [2.05, 4.69) is 10.4 Å². The van der Waals surface area contributed by atoms with Gasteiger partial charge in [-0.2, -0.15) is 5.10 Å². The van der Waals surface area contributed by atoms with E-state index in [9.17, 15) is 14.9 Å². The number of carbonyl (C=O) groups is 1. The van der Waals surface area contributed by atoms with Crippen LogP contribution in [0.2, 0.25) is 5.02 Å². The Bertz CT molecular complexity index is 1330. The minimum atomic E-state index is -0.583. The summed E-state index contributed by atoms with van der Waals surface area (Å²) in [7, 11) is 0. The van der Waals surface area contributed by atoms with E-state index in [0.717, 1.165) is 11.3 Å². The molecule has 31 heavy (non-hydrogen) atoms. The Kier molecular flexibility index (Phi) is 5.39. The zero-order chi connectivity index (χ0) is 22.1. The second-order valence-electron chi connectivity index (χ2n) is 6.90. The number of hydrogen-bond donors (Lipinski definition) is 1. The van der Waals surface area contributed by atoms with Gasteiger partial charge in [-0.05, 0) is 38.1 Å². The monoisotopic (exact) mass is 435 g/mol. The van der Waals surface area contributed by atoms with Crippen molar-refractivity contribution in [3.05, 3.63) is 81.1 Å². The Morgan fingerprint density at radius 1 is 1.23 bits per heavy atom. The summed E-state index contributed by atoms with van der Waals surface area (Å²) < 4.78 is 1.85. The zero-order valence-electron chi connectivity index (χ0n) is 16.8. The van der Waals surface area contributed by atoms with Gasteiger partial charge in [-0.3, -0.25) is 19.6 Å². The van der Waals surface area contributed by atoms with Crippen LogP contribution in [0.5, 0.6) is 0 Å². The van der Waals surface area contributed by atoms with Crippen LogP contribution in [-0.4, -0.2) is 25.6 Å². The van der Waals surface area contributed by atoms with E-state index < -0.39 is 10.8 Å². The van der Waals surface area contributed by atoms with Crippen LogP contribution in [-0.2, 0) is 6.54 Å². The molecule has 0 bridgehead atoms. The van der Waals surface area contributed by atoms with Crippen LogP contribution in [0.1, 0.15) is 23.0 Å². The van der Waals surface area contributed by atoms with Crippen LogP contribution in [0, 0.1) is 17.0 Å². The minimum Gasteiger partial charge on any atom is -0.316 e. The Hall–Kier alpha value is -3.78. The smallest absolute Gasteiger partial charge is 0.294 e. The molecule has 0 aliphatic heterocycles. The van der Waals surface area contributed by atoms with Crippen molar-refractivity contribution >= 4 is 39.8 Å². The van der Waals surface area contributed by atoms with E-state index in [-0.39, 0.29) is 16.4 Å². The van der Waals surface area contributed by atoms with Gasteiger partial charge in [0.25, 0.3) is 11.6 Å². The summed E-state index contributed by atoms with van der Waals surface area (Å²) in [6.07, 6.45) is 1.72. The second-order valence-corrected chi connectivity index (χ2v) is 7.34. The van der Waals surface area contributed by atoms with Crippen molar-refractivity contribution in [3.8, 4) is 11.3 Å². The largest absolute Gasteiger partial charge is 0.316 e. The number of aromatic nitrogens is 3. The zero-order valence-corrected chi connectivity index (χ0v) is 17.6. The molecule has 2 aromatic carbocycles. The Morgan fingerprint density at radius 2 is 2.00 bits per heavy atom. The van der Waals surface area contributed by atoms with Gasteiger partial charge in [-0.1, -0.05) is 29.8 Å². The number of carbonyl (C=O) groups excluding carboxylic acids is 1. The van der Waals surface area contributed by atoms with Crippen molar-refractivity contribution in [1.29, 1.82) is 0 Å². The number of fused-ring (bicyclic) bond motifs is 1. The van der Waals surface area contributed by atoms with Crippen molar-refractivity contribution in [2.75, 3.05) is 5.32 Å². The van der Waals surface area contributed by atoms with Crippen molar-refractivity contribution < 1.29 is 9.72 Å². The lowest BCUT2D eigenvalue weighted by Gasteiger charge is -2.11. The first kappa shape index (κ1) is 20.5. The maximum atomic E-state index is 13.2. The molecule has 0 radical (unpaired) electrons. The third-order valence-electron chi connectivity index (χ3n) is 5.04. The number of aryl methyl sites for hydroxylation is 1. The van der Waals surface area contributed by atoms with E-state index >= 15 is 0 Å². The topological polar surface area (TPSA) is 103 Å². The molecular formula is C22H18ClN5O3. The molecule has 9 heteroatoms. The number of halogens is 1. The van der Waals surface area contributed by atoms with E-state index in [1.807, 2.05) is 36.7 Å². The Balaban J connectivity index is 1.82. The fourth-order valence-electron chi connectivity index (χ4n) is 3.47. The van der Waals surface area contributed by atoms with Crippen LogP contribution < -0.4 is 5.32 Å². The number of benzene rings is 2. The Labute approximate surface area is 182 Å². The molecule has 1 N–H and O–H groups in total. The number of para-hydroxylation sites is 1. The number of anilines is 1. The molecule has 0 fully saturated rings. The molecule has 0 saturated carbocycles. The summed E-state index contributed by atoms with van der Waals surface area (Å²) in [4.78, 5) is 28.7. The summed E-state index contributed by atoms with van der Waals surface area (Å²) >= 11 is 5.88. The molecule has 8 nitrogen and oxygen atoms in total. The van der Waals surface area contributed by atoms with Gasteiger partial charge in [0, 0.05) is 34.3 Å².